The second-order valence-corrected chi connectivity index (χ2v) is 7.54. The Morgan fingerprint density at radius 3 is 2.11 bits per heavy atom. The maximum atomic E-state index is 12.3. The van der Waals surface area contributed by atoms with Gasteiger partial charge in [0.2, 0.25) is 0 Å². The lowest BCUT2D eigenvalue weighted by Gasteiger charge is -2.30. The van der Waals surface area contributed by atoms with Crippen molar-refractivity contribution in [3.05, 3.63) is 0 Å². The van der Waals surface area contributed by atoms with E-state index in [1.165, 1.54) is 0 Å². The van der Waals surface area contributed by atoms with Crippen LogP contribution in [0.5, 0.6) is 0 Å². The van der Waals surface area contributed by atoms with E-state index in [2.05, 4.69) is 4.72 Å². The van der Waals surface area contributed by atoms with Crippen molar-refractivity contribution in [1.82, 2.24) is 9.03 Å². The van der Waals surface area contributed by atoms with Crippen LogP contribution in [0.25, 0.3) is 0 Å². The van der Waals surface area contributed by atoms with Crippen molar-refractivity contribution >= 4 is 10.2 Å². The largest absolute Gasteiger partial charge is 0.396 e. The third kappa shape index (κ3) is 4.41. The second kappa shape index (κ2) is 7.02. The topological polar surface area (TPSA) is 69.6 Å². The summed E-state index contributed by atoms with van der Waals surface area (Å²) in [5, 5.41) is 9.10. The van der Waals surface area contributed by atoms with Crippen LogP contribution in [0, 0.1) is 5.92 Å². The molecule has 1 saturated carbocycles. The molecule has 1 heterocycles. The van der Waals surface area contributed by atoms with E-state index in [0.717, 1.165) is 51.4 Å². The molecule has 1 aliphatic heterocycles. The molecule has 19 heavy (non-hydrogen) atoms. The van der Waals surface area contributed by atoms with Gasteiger partial charge in [-0.2, -0.15) is 17.4 Å². The smallest absolute Gasteiger partial charge is 0.279 e. The average Bonchev–Trinajstić information content (AvgIpc) is 2.68. The molecule has 5 nitrogen and oxygen atoms in total. The third-order valence-electron chi connectivity index (χ3n) is 4.33. The molecular weight excluding hydrogens is 264 g/mol. The van der Waals surface area contributed by atoms with E-state index >= 15 is 0 Å². The number of hydrogen-bond acceptors (Lipinski definition) is 3. The highest BCUT2D eigenvalue weighted by Gasteiger charge is 2.28. The molecule has 1 saturated heterocycles. The number of aliphatic hydroxyl groups is 1. The lowest BCUT2D eigenvalue weighted by Crippen LogP contribution is -2.46. The van der Waals surface area contributed by atoms with Gasteiger partial charge in [0, 0.05) is 25.7 Å². The number of aliphatic hydroxyl groups excluding tert-OH is 1. The molecule has 0 amide bonds. The molecule has 112 valence electrons. The van der Waals surface area contributed by atoms with E-state index in [1.807, 2.05) is 0 Å². The minimum atomic E-state index is -3.31. The van der Waals surface area contributed by atoms with Gasteiger partial charge in [0.05, 0.1) is 0 Å². The van der Waals surface area contributed by atoms with Gasteiger partial charge in [-0.3, -0.25) is 0 Å². The number of rotatable bonds is 4. The molecule has 0 bridgehead atoms. The van der Waals surface area contributed by atoms with Crippen molar-refractivity contribution in [1.29, 1.82) is 0 Å². The molecule has 0 radical (unpaired) electrons. The Labute approximate surface area is 116 Å². The van der Waals surface area contributed by atoms with Crippen molar-refractivity contribution < 1.29 is 13.5 Å². The Morgan fingerprint density at radius 1 is 1.00 bits per heavy atom. The first-order valence-electron chi connectivity index (χ1n) is 7.50. The molecule has 2 rings (SSSR count). The predicted octanol–water partition coefficient (Wildman–Crippen LogP) is 1.25. The van der Waals surface area contributed by atoms with Crippen LogP contribution in [0.3, 0.4) is 0 Å². The summed E-state index contributed by atoms with van der Waals surface area (Å²) in [4.78, 5) is 0. The van der Waals surface area contributed by atoms with Gasteiger partial charge in [-0.25, -0.2) is 0 Å². The first-order valence-corrected chi connectivity index (χ1v) is 8.94. The molecule has 0 aromatic carbocycles. The Kier molecular flexibility index (Phi) is 5.62. The average molecular weight is 290 g/mol. The summed E-state index contributed by atoms with van der Waals surface area (Å²) in [5.74, 6) is 0.360. The maximum Gasteiger partial charge on any atom is 0.279 e. The minimum Gasteiger partial charge on any atom is -0.396 e. The van der Waals surface area contributed by atoms with Gasteiger partial charge in [0.15, 0.2) is 0 Å². The molecule has 0 aromatic heterocycles. The van der Waals surface area contributed by atoms with Crippen molar-refractivity contribution in [2.24, 2.45) is 5.92 Å². The number of nitrogens with zero attached hydrogens (tertiary/aromatic N) is 1. The summed E-state index contributed by atoms with van der Waals surface area (Å²) in [6.45, 7) is 1.54. The fourth-order valence-electron chi connectivity index (χ4n) is 3.03. The monoisotopic (exact) mass is 290 g/mol. The van der Waals surface area contributed by atoms with Crippen LogP contribution in [0.15, 0.2) is 0 Å². The Balaban J connectivity index is 1.86. The Morgan fingerprint density at radius 2 is 1.58 bits per heavy atom. The SMILES string of the molecule is O=S(=O)(NC1CCC(CO)CC1)N1CCCCCC1. The van der Waals surface area contributed by atoms with E-state index in [4.69, 9.17) is 5.11 Å². The lowest BCUT2D eigenvalue weighted by atomic mass is 9.87. The van der Waals surface area contributed by atoms with E-state index in [-0.39, 0.29) is 12.6 Å². The van der Waals surface area contributed by atoms with Gasteiger partial charge in [-0.1, -0.05) is 12.8 Å². The zero-order valence-electron chi connectivity index (χ0n) is 11.6. The lowest BCUT2D eigenvalue weighted by molar-refractivity contribution is 0.179. The summed E-state index contributed by atoms with van der Waals surface area (Å²) in [7, 11) is -3.31. The highest BCUT2D eigenvalue weighted by atomic mass is 32.2. The molecule has 0 atom stereocenters. The van der Waals surface area contributed by atoms with Gasteiger partial charge in [-0.05, 0) is 44.4 Å². The minimum absolute atomic E-state index is 0.0519. The van der Waals surface area contributed by atoms with Gasteiger partial charge >= 0.3 is 0 Å². The third-order valence-corrected chi connectivity index (χ3v) is 6.00. The van der Waals surface area contributed by atoms with Crippen LogP contribution in [-0.4, -0.2) is 43.6 Å². The normalized spacial score (nSPS) is 31.0. The standard InChI is InChI=1S/C13H26N2O3S/c16-11-12-5-7-13(8-6-12)14-19(17,18)15-9-3-1-2-4-10-15/h12-14,16H,1-11H2. The highest BCUT2D eigenvalue weighted by molar-refractivity contribution is 7.87. The van der Waals surface area contributed by atoms with Crippen molar-refractivity contribution in [2.75, 3.05) is 19.7 Å². The van der Waals surface area contributed by atoms with Crippen molar-refractivity contribution in [2.45, 2.75) is 57.4 Å². The predicted molar refractivity (Wildman–Crippen MR) is 74.9 cm³/mol. The van der Waals surface area contributed by atoms with Crippen LogP contribution in [-0.2, 0) is 10.2 Å². The Bertz CT molecular complexity index is 356. The fourth-order valence-corrected chi connectivity index (χ4v) is 4.57. The fraction of sp³-hybridized carbons (Fsp3) is 1.00. The molecule has 2 N–H and O–H groups in total. The number of hydrogen-bond donors (Lipinski definition) is 2. The maximum absolute atomic E-state index is 12.3. The van der Waals surface area contributed by atoms with Crippen LogP contribution in [0.4, 0.5) is 0 Å². The van der Waals surface area contributed by atoms with Gasteiger partial charge in [0.1, 0.15) is 0 Å². The van der Waals surface area contributed by atoms with Crippen LogP contribution in [0.2, 0.25) is 0 Å². The molecule has 6 heteroatoms. The van der Waals surface area contributed by atoms with Crippen LogP contribution < -0.4 is 4.72 Å². The first kappa shape index (κ1) is 15.2. The van der Waals surface area contributed by atoms with Gasteiger partial charge in [-0.15, -0.1) is 0 Å². The first-order chi connectivity index (χ1) is 9.12. The molecule has 0 aromatic rings. The highest BCUT2D eigenvalue weighted by Crippen LogP contribution is 2.24. The summed E-state index contributed by atoms with van der Waals surface area (Å²) in [6, 6.07) is 0.0519. The van der Waals surface area contributed by atoms with E-state index in [1.54, 1.807) is 4.31 Å². The van der Waals surface area contributed by atoms with Crippen molar-refractivity contribution in [3.63, 3.8) is 0 Å². The molecule has 1 aliphatic carbocycles. The van der Waals surface area contributed by atoms with E-state index in [0.29, 0.717) is 19.0 Å². The molecule has 0 unspecified atom stereocenters. The van der Waals surface area contributed by atoms with E-state index < -0.39 is 10.2 Å². The van der Waals surface area contributed by atoms with Gasteiger partial charge < -0.3 is 5.11 Å². The van der Waals surface area contributed by atoms with Crippen LogP contribution in [0.1, 0.15) is 51.4 Å². The van der Waals surface area contributed by atoms with Crippen molar-refractivity contribution in [3.8, 4) is 0 Å². The molecule has 0 spiro atoms. The molecule has 2 fully saturated rings. The Hall–Kier alpha value is -0.170. The van der Waals surface area contributed by atoms with E-state index in [9.17, 15) is 8.42 Å². The zero-order valence-corrected chi connectivity index (χ0v) is 12.4. The zero-order chi connectivity index (χ0) is 13.7. The van der Waals surface area contributed by atoms with Gasteiger partial charge in [0.25, 0.3) is 10.2 Å². The van der Waals surface area contributed by atoms with Crippen LogP contribution >= 0.6 is 0 Å². The second-order valence-electron chi connectivity index (χ2n) is 5.84. The quantitative estimate of drug-likeness (QED) is 0.818. The summed E-state index contributed by atoms with van der Waals surface area (Å²) >= 11 is 0. The number of nitrogens with one attached hydrogen (secondary N) is 1. The summed E-state index contributed by atoms with van der Waals surface area (Å²) in [5.41, 5.74) is 0. The molecular formula is C13H26N2O3S. The summed E-state index contributed by atoms with van der Waals surface area (Å²) < 4.78 is 29.1. The molecule has 2 aliphatic rings. The summed E-state index contributed by atoms with van der Waals surface area (Å²) in [6.07, 6.45) is 7.74.